The van der Waals surface area contributed by atoms with Crippen LogP contribution in [-0.4, -0.2) is 24.2 Å². The topological polar surface area (TPSA) is 87.6 Å². The second-order valence-corrected chi connectivity index (χ2v) is 4.37. The highest BCUT2D eigenvalue weighted by Crippen LogP contribution is 2.31. The molecule has 0 aliphatic rings. The second-order valence-electron chi connectivity index (χ2n) is 4.37. The van der Waals surface area contributed by atoms with E-state index in [-0.39, 0.29) is 18.0 Å². The molecule has 6 heteroatoms. The molecular formula is C11H16N2O4. The van der Waals surface area contributed by atoms with Crippen molar-refractivity contribution in [2.45, 2.75) is 19.4 Å². The summed E-state index contributed by atoms with van der Waals surface area (Å²) >= 11 is 0. The molecule has 0 amide bonds. The van der Waals surface area contributed by atoms with E-state index in [0.717, 1.165) is 0 Å². The Balaban J connectivity index is 2.97. The number of hydrogen-bond acceptors (Lipinski definition) is 5. The number of nitro benzene ring substituents is 1. The molecule has 0 saturated carbocycles. The van der Waals surface area contributed by atoms with Gasteiger partial charge < -0.3 is 15.2 Å². The van der Waals surface area contributed by atoms with Crippen LogP contribution in [0.2, 0.25) is 0 Å². The van der Waals surface area contributed by atoms with Crippen molar-refractivity contribution in [2.75, 3.05) is 13.7 Å². The smallest absolute Gasteiger partial charge is 0.311 e. The van der Waals surface area contributed by atoms with Crippen molar-refractivity contribution in [1.29, 1.82) is 0 Å². The van der Waals surface area contributed by atoms with Crippen LogP contribution in [0.5, 0.6) is 11.5 Å². The largest absolute Gasteiger partial charge is 0.497 e. The third-order valence-electron chi connectivity index (χ3n) is 1.96. The van der Waals surface area contributed by atoms with Gasteiger partial charge in [0, 0.05) is 17.7 Å². The summed E-state index contributed by atoms with van der Waals surface area (Å²) in [6, 6.07) is 4.33. The second kappa shape index (κ2) is 5.01. The molecule has 0 fully saturated rings. The lowest BCUT2D eigenvalue weighted by Crippen LogP contribution is -2.38. The summed E-state index contributed by atoms with van der Waals surface area (Å²) in [4.78, 5) is 10.3. The molecule has 17 heavy (non-hydrogen) atoms. The Morgan fingerprint density at radius 3 is 2.59 bits per heavy atom. The molecule has 0 bridgehead atoms. The molecule has 0 unspecified atom stereocenters. The van der Waals surface area contributed by atoms with Crippen molar-refractivity contribution in [1.82, 2.24) is 0 Å². The summed E-state index contributed by atoms with van der Waals surface area (Å²) in [6.07, 6.45) is 0. The molecule has 0 aliphatic carbocycles. The van der Waals surface area contributed by atoms with Crippen molar-refractivity contribution in [3.05, 3.63) is 28.3 Å². The van der Waals surface area contributed by atoms with E-state index < -0.39 is 10.5 Å². The first-order valence-corrected chi connectivity index (χ1v) is 5.07. The Morgan fingerprint density at radius 1 is 1.47 bits per heavy atom. The van der Waals surface area contributed by atoms with Crippen molar-refractivity contribution in [3.8, 4) is 11.5 Å². The van der Waals surface area contributed by atoms with Gasteiger partial charge in [0.1, 0.15) is 12.4 Å². The summed E-state index contributed by atoms with van der Waals surface area (Å²) < 4.78 is 10.3. The van der Waals surface area contributed by atoms with E-state index in [9.17, 15) is 10.1 Å². The van der Waals surface area contributed by atoms with Crippen molar-refractivity contribution in [2.24, 2.45) is 5.73 Å². The number of nitrogens with zero attached hydrogens (tertiary/aromatic N) is 1. The zero-order chi connectivity index (χ0) is 13.1. The van der Waals surface area contributed by atoms with Crippen LogP contribution < -0.4 is 15.2 Å². The van der Waals surface area contributed by atoms with Crippen LogP contribution in [0, 0.1) is 10.1 Å². The van der Waals surface area contributed by atoms with Crippen molar-refractivity contribution in [3.63, 3.8) is 0 Å². The molecule has 1 aromatic carbocycles. The van der Waals surface area contributed by atoms with Gasteiger partial charge in [-0.3, -0.25) is 10.1 Å². The molecule has 0 atom stereocenters. The van der Waals surface area contributed by atoms with Crippen LogP contribution in [0.25, 0.3) is 0 Å². The Labute approximate surface area is 99.5 Å². The van der Waals surface area contributed by atoms with E-state index in [1.54, 1.807) is 13.8 Å². The van der Waals surface area contributed by atoms with Gasteiger partial charge in [0.25, 0.3) is 0 Å². The molecule has 94 valence electrons. The lowest BCUT2D eigenvalue weighted by molar-refractivity contribution is -0.385. The van der Waals surface area contributed by atoms with Crippen LogP contribution in [-0.2, 0) is 0 Å². The van der Waals surface area contributed by atoms with Crippen LogP contribution in [0.3, 0.4) is 0 Å². The Hall–Kier alpha value is -1.82. The Bertz CT molecular complexity index is 412. The first-order valence-electron chi connectivity index (χ1n) is 5.07. The molecule has 2 N–H and O–H groups in total. The summed E-state index contributed by atoms with van der Waals surface area (Å²) in [6.45, 7) is 3.74. The van der Waals surface area contributed by atoms with E-state index in [0.29, 0.717) is 5.75 Å². The molecule has 0 aliphatic heterocycles. The van der Waals surface area contributed by atoms with Gasteiger partial charge in [-0.05, 0) is 19.9 Å². The zero-order valence-electron chi connectivity index (χ0n) is 10.1. The molecule has 0 spiro atoms. The van der Waals surface area contributed by atoms with Crippen LogP contribution in [0.15, 0.2) is 18.2 Å². The lowest BCUT2D eigenvalue weighted by atomic mass is 10.1. The van der Waals surface area contributed by atoms with Gasteiger partial charge in [-0.15, -0.1) is 0 Å². The number of ether oxygens (including phenoxy) is 2. The van der Waals surface area contributed by atoms with Crippen LogP contribution in [0.1, 0.15) is 13.8 Å². The van der Waals surface area contributed by atoms with Gasteiger partial charge in [-0.1, -0.05) is 0 Å². The number of nitrogens with two attached hydrogens (primary N) is 1. The van der Waals surface area contributed by atoms with E-state index in [1.807, 2.05) is 0 Å². The van der Waals surface area contributed by atoms with Gasteiger partial charge in [-0.25, -0.2) is 0 Å². The minimum Gasteiger partial charge on any atom is -0.497 e. The minimum atomic E-state index is -0.559. The van der Waals surface area contributed by atoms with Crippen molar-refractivity contribution < 1.29 is 14.4 Å². The maximum atomic E-state index is 10.8. The highest BCUT2D eigenvalue weighted by Gasteiger charge is 2.19. The van der Waals surface area contributed by atoms with Gasteiger partial charge in [0.05, 0.1) is 12.0 Å². The number of benzene rings is 1. The number of methoxy groups -OCH3 is 1. The van der Waals surface area contributed by atoms with Crippen LogP contribution in [0.4, 0.5) is 5.69 Å². The third-order valence-corrected chi connectivity index (χ3v) is 1.96. The minimum absolute atomic E-state index is 0.102. The zero-order valence-corrected chi connectivity index (χ0v) is 10.1. The van der Waals surface area contributed by atoms with E-state index in [4.69, 9.17) is 15.2 Å². The molecule has 0 aromatic heterocycles. The normalized spacial score (nSPS) is 11.1. The number of nitro groups is 1. The van der Waals surface area contributed by atoms with Gasteiger partial charge in [0.15, 0.2) is 0 Å². The fraction of sp³-hybridized carbons (Fsp3) is 0.455. The third kappa shape index (κ3) is 3.92. The van der Waals surface area contributed by atoms with Crippen LogP contribution >= 0.6 is 0 Å². The lowest BCUT2D eigenvalue weighted by Gasteiger charge is -2.19. The van der Waals surface area contributed by atoms with Gasteiger partial charge >= 0.3 is 5.69 Å². The molecule has 1 rings (SSSR count). The predicted octanol–water partition coefficient (Wildman–Crippen LogP) is 1.72. The summed E-state index contributed by atoms with van der Waals surface area (Å²) in [5.74, 6) is 0.660. The van der Waals surface area contributed by atoms with Gasteiger partial charge in [0.2, 0.25) is 5.75 Å². The number of rotatable bonds is 5. The molecule has 0 heterocycles. The van der Waals surface area contributed by atoms with Crippen molar-refractivity contribution >= 4 is 5.69 Å². The molecule has 6 nitrogen and oxygen atoms in total. The standard InChI is InChI=1S/C11H16N2O4/c1-11(2,12)7-17-10-6-8(16-3)4-5-9(10)13(14)15/h4-6H,7,12H2,1-3H3. The fourth-order valence-electron chi connectivity index (χ4n) is 1.15. The quantitative estimate of drug-likeness (QED) is 0.625. The SMILES string of the molecule is COc1ccc([N+](=O)[O-])c(OCC(C)(C)N)c1. The number of hydrogen-bond donors (Lipinski definition) is 1. The maximum Gasteiger partial charge on any atom is 0.311 e. The Kier molecular flexibility index (Phi) is 3.90. The van der Waals surface area contributed by atoms with Gasteiger partial charge in [-0.2, -0.15) is 0 Å². The molecule has 0 saturated heterocycles. The monoisotopic (exact) mass is 240 g/mol. The Morgan fingerprint density at radius 2 is 2.12 bits per heavy atom. The molecule has 0 radical (unpaired) electrons. The first-order chi connectivity index (χ1) is 7.83. The van der Waals surface area contributed by atoms with E-state index in [2.05, 4.69) is 0 Å². The van der Waals surface area contributed by atoms with E-state index >= 15 is 0 Å². The average Bonchev–Trinajstić information content (AvgIpc) is 2.24. The first kappa shape index (κ1) is 13.2. The maximum absolute atomic E-state index is 10.8. The fourth-order valence-corrected chi connectivity index (χ4v) is 1.15. The molecule has 1 aromatic rings. The van der Waals surface area contributed by atoms with E-state index in [1.165, 1.54) is 25.3 Å². The summed E-state index contributed by atoms with van der Waals surface area (Å²) in [5, 5.41) is 10.8. The summed E-state index contributed by atoms with van der Waals surface area (Å²) in [5.41, 5.74) is 5.09. The predicted molar refractivity (Wildman–Crippen MR) is 63.4 cm³/mol. The average molecular weight is 240 g/mol. The highest BCUT2D eigenvalue weighted by atomic mass is 16.6. The highest BCUT2D eigenvalue weighted by molar-refractivity contribution is 5.50. The molecular weight excluding hydrogens is 224 g/mol. The summed E-state index contributed by atoms with van der Waals surface area (Å²) in [7, 11) is 1.48.